The lowest BCUT2D eigenvalue weighted by molar-refractivity contribution is -0.133. The average Bonchev–Trinajstić information content (AvgIpc) is 2.79. The van der Waals surface area contributed by atoms with E-state index in [1.54, 1.807) is 12.1 Å². The van der Waals surface area contributed by atoms with Gasteiger partial charge in [-0.05, 0) is 59.0 Å². The molecular weight excluding hydrogens is 395 g/mol. The van der Waals surface area contributed by atoms with Crippen LogP contribution in [-0.4, -0.2) is 43.5 Å². The van der Waals surface area contributed by atoms with Gasteiger partial charge in [-0.15, -0.1) is 0 Å². The van der Waals surface area contributed by atoms with Crippen LogP contribution in [0.25, 0.3) is 21.9 Å². The van der Waals surface area contributed by atoms with E-state index in [2.05, 4.69) is 5.32 Å². The third kappa shape index (κ3) is 4.68. The molecule has 1 heterocycles. The van der Waals surface area contributed by atoms with E-state index < -0.39 is 0 Å². The van der Waals surface area contributed by atoms with E-state index in [9.17, 15) is 14.0 Å². The van der Waals surface area contributed by atoms with Crippen molar-refractivity contribution in [1.82, 2.24) is 10.2 Å². The largest absolute Gasteiger partial charge is 0.497 e. The fraction of sp³-hybridized carbons (Fsp3) is 0.280. The molecule has 0 aromatic heterocycles. The Kier molecular flexibility index (Phi) is 6.16. The minimum Gasteiger partial charge on any atom is -0.497 e. The van der Waals surface area contributed by atoms with Gasteiger partial charge in [-0.25, -0.2) is 4.39 Å². The molecule has 31 heavy (non-hydrogen) atoms. The van der Waals surface area contributed by atoms with Crippen molar-refractivity contribution in [2.45, 2.75) is 19.3 Å². The summed E-state index contributed by atoms with van der Waals surface area (Å²) in [6, 6.07) is 15.8. The SMILES string of the molecule is COc1cc(F)cc(-c2cccc3cc(C(=O)NCCN4CCCCC4=O)ccc23)c1. The first-order valence-electron chi connectivity index (χ1n) is 10.5. The van der Waals surface area contributed by atoms with Crippen LogP contribution in [0.15, 0.2) is 54.6 Å². The van der Waals surface area contributed by atoms with Gasteiger partial charge in [0.15, 0.2) is 0 Å². The van der Waals surface area contributed by atoms with Crippen LogP contribution in [0.3, 0.4) is 0 Å². The molecule has 3 aromatic carbocycles. The highest BCUT2D eigenvalue weighted by molar-refractivity contribution is 6.02. The predicted molar refractivity (Wildman–Crippen MR) is 119 cm³/mol. The molecule has 1 aliphatic heterocycles. The Bertz CT molecular complexity index is 1130. The summed E-state index contributed by atoms with van der Waals surface area (Å²) in [7, 11) is 1.51. The first-order valence-corrected chi connectivity index (χ1v) is 10.5. The van der Waals surface area contributed by atoms with Crippen molar-refractivity contribution in [2.24, 2.45) is 0 Å². The van der Waals surface area contributed by atoms with E-state index in [4.69, 9.17) is 4.74 Å². The molecule has 6 heteroatoms. The van der Waals surface area contributed by atoms with Crippen molar-refractivity contribution in [3.63, 3.8) is 0 Å². The number of carbonyl (C=O) groups excluding carboxylic acids is 2. The second kappa shape index (κ2) is 9.16. The number of hydrogen-bond donors (Lipinski definition) is 1. The topological polar surface area (TPSA) is 58.6 Å². The summed E-state index contributed by atoms with van der Waals surface area (Å²) in [6.45, 7) is 1.72. The molecule has 1 fully saturated rings. The van der Waals surface area contributed by atoms with Gasteiger partial charge in [-0.1, -0.05) is 24.3 Å². The summed E-state index contributed by atoms with van der Waals surface area (Å²) in [4.78, 5) is 26.3. The molecule has 2 amide bonds. The molecule has 0 radical (unpaired) electrons. The quantitative estimate of drug-likeness (QED) is 0.643. The molecule has 5 nitrogen and oxygen atoms in total. The molecule has 0 aliphatic carbocycles. The maximum Gasteiger partial charge on any atom is 0.251 e. The third-order valence-electron chi connectivity index (χ3n) is 5.65. The maximum absolute atomic E-state index is 14.0. The molecule has 0 bridgehead atoms. The lowest BCUT2D eigenvalue weighted by Gasteiger charge is -2.26. The second-order valence-electron chi connectivity index (χ2n) is 7.72. The number of nitrogens with one attached hydrogen (secondary N) is 1. The predicted octanol–water partition coefficient (Wildman–Crippen LogP) is 4.40. The number of methoxy groups -OCH3 is 1. The van der Waals surface area contributed by atoms with Crippen LogP contribution in [0.4, 0.5) is 4.39 Å². The van der Waals surface area contributed by atoms with E-state index in [1.165, 1.54) is 19.2 Å². The minimum atomic E-state index is -0.366. The summed E-state index contributed by atoms with van der Waals surface area (Å²) in [5, 5.41) is 4.71. The molecule has 4 rings (SSSR count). The van der Waals surface area contributed by atoms with Gasteiger partial charge in [0.05, 0.1) is 7.11 Å². The smallest absolute Gasteiger partial charge is 0.251 e. The Morgan fingerprint density at radius 2 is 2.00 bits per heavy atom. The Balaban J connectivity index is 1.51. The molecule has 1 aliphatic rings. The van der Waals surface area contributed by atoms with E-state index in [1.807, 2.05) is 35.2 Å². The fourth-order valence-corrected chi connectivity index (χ4v) is 4.02. The van der Waals surface area contributed by atoms with Crippen LogP contribution in [-0.2, 0) is 4.79 Å². The van der Waals surface area contributed by atoms with Crippen molar-refractivity contribution >= 4 is 22.6 Å². The van der Waals surface area contributed by atoms with Crippen LogP contribution in [0.1, 0.15) is 29.6 Å². The number of likely N-dealkylation sites (tertiary alicyclic amines) is 1. The molecular formula is C25H25FN2O3. The van der Waals surface area contributed by atoms with Gasteiger partial charge in [0.25, 0.3) is 5.91 Å². The average molecular weight is 420 g/mol. The van der Waals surface area contributed by atoms with Crippen molar-refractivity contribution in [3.8, 4) is 16.9 Å². The molecule has 0 unspecified atom stereocenters. The summed E-state index contributed by atoms with van der Waals surface area (Å²) >= 11 is 0. The molecule has 0 spiro atoms. The van der Waals surface area contributed by atoms with Crippen LogP contribution in [0.5, 0.6) is 5.75 Å². The number of carbonyl (C=O) groups is 2. The molecule has 1 N–H and O–H groups in total. The van der Waals surface area contributed by atoms with Crippen molar-refractivity contribution in [1.29, 1.82) is 0 Å². The van der Waals surface area contributed by atoms with E-state index in [0.29, 0.717) is 36.4 Å². The number of amides is 2. The number of fused-ring (bicyclic) bond motifs is 1. The van der Waals surface area contributed by atoms with Gasteiger partial charge >= 0.3 is 0 Å². The van der Waals surface area contributed by atoms with Gasteiger partial charge in [0.2, 0.25) is 5.91 Å². The zero-order valence-electron chi connectivity index (χ0n) is 17.5. The van der Waals surface area contributed by atoms with Gasteiger partial charge < -0.3 is 15.0 Å². The van der Waals surface area contributed by atoms with Crippen LogP contribution in [0, 0.1) is 5.82 Å². The molecule has 1 saturated heterocycles. The van der Waals surface area contributed by atoms with Crippen LogP contribution in [0.2, 0.25) is 0 Å². The standard InChI is InChI=1S/C25H25FN2O3/c1-31-21-15-19(14-20(26)16-21)22-6-4-5-17-13-18(8-9-23(17)22)25(30)27-10-12-28-11-3-2-7-24(28)29/h4-6,8-9,13-16H,2-3,7,10-12H2,1H3,(H,27,30). The molecule has 3 aromatic rings. The number of ether oxygens (including phenoxy) is 1. The lowest BCUT2D eigenvalue weighted by atomic mass is 9.96. The summed E-state index contributed by atoms with van der Waals surface area (Å²) < 4.78 is 19.2. The Morgan fingerprint density at radius 1 is 1.13 bits per heavy atom. The Labute approximate surface area is 180 Å². The van der Waals surface area contributed by atoms with E-state index >= 15 is 0 Å². The number of halogens is 1. The van der Waals surface area contributed by atoms with Crippen molar-refractivity contribution < 1.29 is 18.7 Å². The highest BCUT2D eigenvalue weighted by Crippen LogP contribution is 2.32. The monoisotopic (exact) mass is 420 g/mol. The third-order valence-corrected chi connectivity index (χ3v) is 5.65. The van der Waals surface area contributed by atoms with Crippen molar-refractivity contribution in [2.75, 3.05) is 26.7 Å². The number of rotatable bonds is 6. The Morgan fingerprint density at radius 3 is 2.81 bits per heavy atom. The molecule has 160 valence electrons. The number of benzene rings is 3. The highest BCUT2D eigenvalue weighted by atomic mass is 19.1. The summed E-state index contributed by atoms with van der Waals surface area (Å²) in [6.07, 6.45) is 2.56. The number of piperidine rings is 1. The van der Waals surface area contributed by atoms with E-state index in [-0.39, 0.29) is 17.6 Å². The first-order chi connectivity index (χ1) is 15.0. The van der Waals surface area contributed by atoms with Gasteiger partial charge in [-0.3, -0.25) is 9.59 Å². The van der Waals surface area contributed by atoms with Gasteiger partial charge in [0, 0.05) is 37.7 Å². The summed E-state index contributed by atoms with van der Waals surface area (Å²) in [5.41, 5.74) is 2.13. The Hall–Kier alpha value is -3.41. The first kappa shape index (κ1) is 20.8. The normalized spacial score (nSPS) is 14.0. The zero-order chi connectivity index (χ0) is 21.8. The lowest BCUT2D eigenvalue weighted by Crippen LogP contribution is -2.41. The van der Waals surface area contributed by atoms with Crippen molar-refractivity contribution in [3.05, 3.63) is 66.0 Å². The van der Waals surface area contributed by atoms with Crippen LogP contribution >= 0.6 is 0 Å². The van der Waals surface area contributed by atoms with Gasteiger partial charge in [0.1, 0.15) is 11.6 Å². The molecule has 0 atom stereocenters. The molecule has 0 saturated carbocycles. The highest BCUT2D eigenvalue weighted by Gasteiger charge is 2.17. The minimum absolute atomic E-state index is 0.160. The maximum atomic E-state index is 14.0. The van der Waals surface area contributed by atoms with Crippen LogP contribution < -0.4 is 10.1 Å². The van der Waals surface area contributed by atoms with Gasteiger partial charge in [-0.2, -0.15) is 0 Å². The number of nitrogens with zero attached hydrogens (tertiary/aromatic N) is 1. The zero-order valence-corrected chi connectivity index (χ0v) is 17.5. The second-order valence-corrected chi connectivity index (χ2v) is 7.72. The fourth-order valence-electron chi connectivity index (χ4n) is 4.02. The van der Waals surface area contributed by atoms with E-state index in [0.717, 1.165) is 35.7 Å². The summed E-state index contributed by atoms with van der Waals surface area (Å²) in [5.74, 6) is 0.0709. The number of hydrogen-bond acceptors (Lipinski definition) is 3.